The normalized spacial score (nSPS) is 13.1. The monoisotopic (exact) mass is 328 g/mol. The summed E-state index contributed by atoms with van der Waals surface area (Å²) in [5, 5.41) is 9.58. The van der Waals surface area contributed by atoms with Gasteiger partial charge in [0.1, 0.15) is 5.78 Å². The molecule has 2 atom stereocenters. The number of hydrogen-bond acceptors (Lipinski definition) is 2. The first kappa shape index (κ1) is 24.9. The Morgan fingerprint density at radius 1 is 0.739 bits per heavy atom. The number of hydrogen-bond donors (Lipinski definition) is 1. The van der Waals surface area contributed by atoms with Gasteiger partial charge in [0.25, 0.3) is 0 Å². The number of rotatable bonds is 14. The molecule has 0 saturated carbocycles. The van der Waals surface area contributed by atoms with Crippen LogP contribution in [0.15, 0.2) is 0 Å². The quantitative estimate of drug-likeness (QED) is 0.361. The molecule has 0 fully saturated rings. The number of ketones is 1. The van der Waals surface area contributed by atoms with Crippen molar-refractivity contribution in [1.82, 2.24) is 0 Å². The molecule has 0 aromatic carbocycles. The first-order chi connectivity index (χ1) is 11.0. The Morgan fingerprint density at radius 3 is 1.61 bits per heavy atom. The Bertz CT molecular complexity index is 226. The lowest BCUT2D eigenvalue weighted by molar-refractivity contribution is -0.119. The smallest absolute Gasteiger partial charge is 0.132 e. The van der Waals surface area contributed by atoms with E-state index in [9.17, 15) is 9.90 Å². The molecule has 0 aromatic heterocycles. The molecule has 0 bridgehead atoms. The SMILES string of the molecule is CCCCC(O)C(C)CCC.CCCCCC(=O)CCCCC. The topological polar surface area (TPSA) is 37.3 Å². The van der Waals surface area contributed by atoms with Crippen molar-refractivity contribution in [2.75, 3.05) is 0 Å². The molecule has 140 valence electrons. The van der Waals surface area contributed by atoms with Gasteiger partial charge in [-0.05, 0) is 31.6 Å². The van der Waals surface area contributed by atoms with Crippen molar-refractivity contribution >= 4 is 5.78 Å². The maximum atomic E-state index is 11.2. The molecule has 2 unspecified atom stereocenters. The fraction of sp³-hybridized carbons (Fsp3) is 0.952. The molecule has 2 heteroatoms. The van der Waals surface area contributed by atoms with Crippen LogP contribution in [0.2, 0.25) is 0 Å². The highest BCUT2D eigenvalue weighted by Crippen LogP contribution is 2.15. The molecule has 0 heterocycles. The van der Waals surface area contributed by atoms with Crippen molar-refractivity contribution < 1.29 is 9.90 Å². The fourth-order valence-corrected chi connectivity index (χ4v) is 2.61. The summed E-state index contributed by atoms with van der Waals surface area (Å²) >= 11 is 0. The van der Waals surface area contributed by atoms with Gasteiger partial charge in [0, 0.05) is 12.8 Å². The highest BCUT2D eigenvalue weighted by atomic mass is 16.3. The van der Waals surface area contributed by atoms with Crippen LogP contribution < -0.4 is 0 Å². The summed E-state index contributed by atoms with van der Waals surface area (Å²) in [4.78, 5) is 11.2. The summed E-state index contributed by atoms with van der Waals surface area (Å²) in [5.41, 5.74) is 0. The van der Waals surface area contributed by atoms with Gasteiger partial charge in [-0.2, -0.15) is 0 Å². The number of Topliss-reactive ketones (excluding diaryl/α,β-unsaturated/α-hetero) is 1. The van der Waals surface area contributed by atoms with Crippen LogP contribution in [0.3, 0.4) is 0 Å². The maximum Gasteiger partial charge on any atom is 0.132 e. The standard InChI is InChI=1S/C11H22O.C10H22O/c1-3-5-7-9-11(12)10-8-6-4-2;1-4-6-8-10(11)9(3)7-5-2/h3-10H2,1-2H3;9-11H,4-8H2,1-3H3. The summed E-state index contributed by atoms with van der Waals surface area (Å²) in [6.45, 7) is 10.8. The summed E-state index contributed by atoms with van der Waals surface area (Å²) in [6, 6.07) is 0. The predicted octanol–water partition coefficient (Wildman–Crippen LogP) is 6.69. The van der Waals surface area contributed by atoms with E-state index in [2.05, 4.69) is 34.6 Å². The second-order valence-electron chi connectivity index (χ2n) is 6.93. The van der Waals surface area contributed by atoms with E-state index in [4.69, 9.17) is 0 Å². The maximum absolute atomic E-state index is 11.2. The molecule has 0 spiro atoms. The largest absolute Gasteiger partial charge is 0.393 e. The van der Waals surface area contributed by atoms with Crippen molar-refractivity contribution in [2.45, 2.75) is 124 Å². The molecule has 0 radical (unpaired) electrons. The first-order valence-electron chi connectivity index (χ1n) is 10.2. The van der Waals surface area contributed by atoms with E-state index in [1.165, 1.54) is 38.5 Å². The van der Waals surface area contributed by atoms with Gasteiger partial charge in [0.05, 0.1) is 6.10 Å². The molecule has 0 rings (SSSR count). The molecule has 0 aliphatic heterocycles. The summed E-state index contributed by atoms with van der Waals surface area (Å²) < 4.78 is 0. The van der Waals surface area contributed by atoms with Crippen molar-refractivity contribution in [1.29, 1.82) is 0 Å². The second-order valence-corrected chi connectivity index (χ2v) is 6.93. The van der Waals surface area contributed by atoms with Gasteiger partial charge in [0.2, 0.25) is 0 Å². The zero-order valence-corrected chi connectivity index (χ0v) is 16.7. The molecule has 0 saturated heterocycles. The molecule has 1 N–H and O–H groups in total. The van der Waals surface area contributed by atoms with Gasteiger partial charge < -0.3 is 5.11 Å². The lowest BCUT2D eigenvalue weighted by Crippen LogP contribution is -2.16. The van der Waals surface area contributed by atoms with Gasteiger partial charge in [0.15, 0.2) is 0 Å². The van der Waals surface area contributed by atoms with Crippen LogP contribution in [0.5, 0.6) is 0 Å². The molecule has 2 nitrogen and oxygen atoms in total. The average molecular weight is 329 g/mol. The third kappa shape index (κ3) is 19.6. The van der Waals surface area contributed by atoms with E-state index in [1.54, 1.807) is 0 Å². The number of unbranched alkanes of at least 4 members (excludes halogenated alkanes) is 5. The summed E-state index contributed by atoms with van der Waals surface area (Å²) in [7, 11) is 0. The molecule has 0 aromatic rings. The Hall–Kier alpha value is -0.370. The third-order valence-electron chi connectivity index (χ3n) is 4.37. The van der Waals surface area contributed by atoms with Gasteiger partial charge in [-0.15, -0.1) is 0 Å². The molecule has 0 amide bonds. The van der Waals surface area contributed by atoms with Crippen LogP contribution in [-0.4, -0.2) is 17.0 Å². The zero-order chi connectivity index (χ0) is 17.9. The van der Waals surface area contributed by atoms with Gasteiger partial charge in [-0.25, -0.2) is 0 Å². The predicted molar refractivity (Wildman–Crippen MR) is 103 cm³/mol. The Morgan fingerprint density at radius 2 is 1.22 bits per heavy atom. The lowest BCUT2D eigenvalue weighted by Gasteiger charge is -2.17. The van der Waals surface area contributed by atoms with E-state index in [0.717, 1.165) is 44.9 Å². The van der Waals surface area contributed by atoms with Gasteiger partial charge in [-0.3, -0.25) is 4.79 Å². The van der Waals surface area contributed by atoms with E-state index in [0.29, 0.717) is 11.7 Å². The van der Waals surface area contributed by atoms with Crippen LogP contribution in [0, 0.1) is 5.92 Å². The van der Waals surface area contributed by atoms with E-state index in [-0.39, 0.29) is 6.10 Å². The Balaban J connectivity index is 0. The van der Waals surface area contributed by atoms with E-state index >= 15 is 0 Å². The molecular formula is C21H44O2. The van der Waals surface area contributed by atoms with E-state index < -0.39 is 0 Å². The average Bonchev–Trinajstić information content (AvgIpc) is 2.54. The zero-order valence-electron chi connectivity index (χ0n) is 16.7. The van der Waals surface area contributed by atoms with Crippen LogP contribution in [-0.2, 0) is 4.79 Å². The van der Waals surface area contributed by atoms with Crippen molar-refractivity contribution in [2.24, 2.45) is 5.92 Å². The number of carbonyl (C=O) groups excluding carboxylic acids is 1. The van der Waals surface area contributed by atoms with Crippen LogP contribution in [0.1, 0.15) is 118 Å². The van der Waals surface area contributed by atoms with Crippen molar-refractivity contribution in [3.8, 4) is 0 Å². The van der Waals surface area contributed by atoms with Crippen molar-refractivity contribution in [3.63, 3.8) is 0 Å². The minimum atomic E-state index is -0.0603. The fourth-order valence-electron chi connectivity index (χ4n) is 2.61. The number of aliphatic hydroxyl groups excluding tert-OH is 1. The van der Waals surface area contributed by atoms with Crippen LogP contribution in [0.4, 0.5) is 0 Å². The molecule has 0 aliphatic rings. The van der Waals surface area contributed by atoms with Crippen molar-refractivity contribution in [3.05, 3.63) is 0 Å². The number of aliphatic hydroxyl groups is 1. The molecular weight excluding hydrogens is 284 g/mol. The molecule has 0 aliphatic carbocycles. The summed E-state index contributed by atoms with van der Waals surface area (Å²) in [5.74, 6) is 0.962. The minimum Gasteiger partial charge on any atom is -0.393 e. The Kier molecular flexibility index (Phi) is 21.3. The minimum absolute atomic E-state index is 0.0603. The number of carbonyl (C=O) groups is 1. The molecule has 23 heavy (non-hydrogen) atoms. The van der Waals surface area contributed by atoms with Gasteiger partial charge in [-0.1, -0.05) is 79.6 Å². The van der Waals surface area contributed by atoms with E-state index in [1.807, 2.05) is 0 Å². The van der Waals surface area contributed by atoms with Crippen LogP contribution in [0.25, 0.3) is 0 Å². The highest BCUT2D eigenvalue weighted by molar-refractivity contribution is 5.78. The third-order valence-corrected chi connectivity index (χ3v) is 4.37. The Labute approximate surface area is 146 Å². The first-order valence-corrected chi connectivity index (χ1v) is 10.2. The van der Waals surface area contributed by atoms with Gasteiger partial charge >= 0.3 is 0 Å². The van der Waals surface area contributed by atoms with Crippen LogP contribution >= 0.6 is 0 Å². The highest BCUT2D eigenvalue weighted by Gasteiger charge is 2.11. The lowest BCUT2D eigenvalue weighted by atomic mass is 9.95. The second kappa shape index (κ2) is 19.7. The summed E-state index contributed by atoms with van der Waals surface area (Å²) in [6.07, 6.45) is 14.3.